The number of methoxy groups -OCH3 is 3. The van der Waals surface area contributed by atoms with Crippen LogP contribution in [0.3, 0.4) is 0 Å². The minimum Gasteiger partial charge on any atom is -0.493 e. The zero-order chi connectivity index (χ0) is 16.8. The first-order valence-electron chi connectivity index (χ1n) is 6.66. The summed E-state index contributed by atoms with van der Waals surface area (Å²) in [5.41, 5.74) is 0.720. The molecule has 23 heavy (non-hydrogen) atoms. The molecule has 0 aliphatic carbocycles. The molecule has 8 nitrogen and oxygen atoms in total. The maximum absolute atomic E-state index is 10.5. The fourth-order valence-electron chi connectivity index (χ4n) is 1.89. The molecule has 0 amide bonds. The van der Waals surface area contributed by atoms with Gasteiger partial charge in [-0.2, -0.15) is 0 Å². The lowest BCUT2D eigenvalue weighted by Crippen LogP contribution is -1.96. The molecule has 124 valence electrons. The molecule has 0 spiro atoms. The van der Waals surface area contributed by atoms with Gasteiger partial charge in [0.05, 0.1) is 27.8 Å². The molecule has 0 aliphatic rings. The van der Waals surface area contributed by atoms with Crippen LogP contribution >= 0.6 is 11.8 Å². The maximum atomic E-state index is 10.5. The van der Waals surface area contributed by atoms with Crippen molar-refractivity contribution in [2.45, 2.75) is 11.6 Å². The summed E-state index contributed by atoms with van der Waals surface area (Å²) in [6.45, 7) is 0. The van der Waals surface area contributed by atoms with E-state index in [1.165, 1.54) is 33.1 Å². The number of rotatable bonds is 8. The van der Waals surface area contributed by atoms with Crippen LogP contribution < -0.4 is 14.2 Å². The van der Waals surface area contributed by atoms with E-state index in [1.54, 1.807) is 12.1 Å². The van der Waals surface area contributed by atoms with Crippen LogP contribution in [-0.2, 0) is 4.79 Å². The lowest BCUT2D eigenvalue weighted by Gasteiger charge is -2.13. The van der Waals surface area contributed by atoms with E-state index in [4.69, 9.17) is 19.3 Å². The normalized spacial score (nSPS) is 10.4. The number of carbonyl (C=O) groups is 1. The van der Waals surface area contributed by atoms with E-state index in [2.05, 4.69) is 15.2 Å². The third-order valence-corrected chi connectivity index (χ3v) is 3.80. The van der Waals surface area contributed by atoms with Crippen molar-refractivity contribution in [2.24, 2.45) is 0 Å². The van der Waals surface area contributed by atoms with E-state index < -0.39 is 5.97 Å². The molecule has 0 fully saturated rings. The van der Waals surface area contributed by atoms with Crippen LogP contribution in [0.15, 0.2) is 17.3 Å². The van der Waals surface area contributed by atoms with Gasteiger partial charge < -0.3 is 19.3 Å². The minimum absolute atomic E-state index is 0.0543. The third kappa shape index (κ3) is 4.07. The van der Waals surface area contributed by atoms with Gasteiger partial charge in [-0.05, 0) is 12.1 Å². The monoisotopic (exact) mass is 339 g/mol. The largest absolute Gasteiger partial charge is 0.493 e. The van der Waals surface area contributed by atoms with Gasteiger partial charge in [-0.1, -0.05) is 11.8 Å². The molecule has 0 saturated carbocycles. The molecule has 0 unspecified atom stereocenters. The first kappa shape index (κ1) is 16.9. The Kier molecular flexibility index (Phi) is 5.69. The van der Waals surface area contributed by atoms with E-state index >= 15 is 0 Å². The Labute approximate surface area is 137 Å². The van der Waals surface area contributed by atoms with Crippen LogP contribution in [-0.4, -0.2) is 53.3 Å². The van der Waals surface area contributed by atoms with Gasteiger partial charge >= 0.3 is 5.97 Å². The van der Waals surface area contributed by atoms with Gasteiger partial charge in [0, 0.05) is 11.3 Å². The van der Waals surface area contributed by atoms with Crippen LogP contribution in [0.2, 0.25) is 0 Å². The van der Waals surface area contributed by atoms with Crippen molar-refractivity contribution >= 4 is 17.7 Å². The van der Waals surface area contributed by atoms with E-state index in [0.717, 1.165) is 5.56 Å². The molecular weight excluding hydrogens is 322 g/mol. The molecule has 0 saturated heterocycles. The Morgan fingerprint density at radius 1 is 1.22 bits per heavy atom. The number of hydrogen-bond donors (Lipinski definition) is 2. The Bertz CT molecular complexity index is 664. The van der Waals surface area contributed by atoms with Gasteiger partial charge in [0.25, 0.3) is 0 Å². The van der Waals surface area contributed by atoms with Crippen LogP contribution in [0.25, 0.3) is 11.4 Å². The van der Waals surface area contributed by atoms with Crippen molar-refractivity contribution in [3.05, 3.63) is 12.1 Å². The first-order valence-corrected chi connectivity index (χ1v) is 7.65. The summed E-state index contributed by atoms with van der Waals surface area (Å²) in [5.74, 6) is 1.60. The fourth-order valence-corrected chi connectivity index (χ4v) is 2.61. The predicted octanol–water partition coefficient (Wildman–Crippen LogP) is 2.06. The van der Waals surface area contributed by atoms with E-state index in [0.29, 0.717) is 34.0 Å². The molecule has 0 radical (unpaired) electrons. The standard InChI is InChI=1S/C14H17N3O5S/c1-20-9-6-8(7-10(21-2)12(9)22-3)13-15-14(17-16-13)23-5-4-11(18)19/h6-7H,4-5H2,1-3H3,(H,18,19)(H,15,16,17). The number of aromatic amines is 1. The number of nitrogens with one attached hydrogen (secondary N) is 1. The molecule has 0 bridgehead atoms. The highest BCUT2D eigenvalue weighted by Crippen LogP contribution is 2.40. The summed E-state index contributed by atoms with van der Waals surface area (Å²) in [6, 6.07) is 3.52. The van der Waals surface area contributed by atoms with Crippen molar-refractivity contribution in [1.29, 1.82) is 0 Å². The van der Waals surface area contributed by atoms with Crippen molar-refractivity contribution in [3.63, 3.8) is 0 Å². The van der Waals surface area contributed by atoms with Gasteiger partial charge in [0.2, 0.25) is 10.9 Å². The second-order valence-corrected chi connectivity index (χ2v) is 5.43. The number of carboxylic acids is 1. The van der Waals surface area contributed by atoms with Crippen LogP contribution in [0.1, 0.15) is 6.42 Å². The Morgan fingerprint density at radius 2 is 1.87 bits per heavy atom. The number of thioether (sulfide) groups is 1. The fraction of sp³-hybridized carbons (Fsp3) is 0.357. The molecule has 1 heterocycles. The second-order valence-electron chi connectivity index (χ2n) is 4.37. The van der Waals surface area contributed by atoms with Crippen LogP contribution in [0, 0.1) is 0 Å². The summed E-state index contributed by atoms with van der Waals surface area (Å²) < 4.78 is 15.9. The molecule has 2 rings (SSSR count). The van der Waals surface area contributed by atoms with Gasteiger partial charge in [0.1, 0.15) is 0 Å². The highest BCUT2D eigenvalue weighted by Gasteiger charge is 2.16. The predicted molar refractivity (Wildman–Crippen MR) is 84.5 cm³/mol. The third-order valence-electron chi connectivity index (χ3n) is 2.95. The summed E-state index contributed by atoms with van der Waals surface area (Å²) in [6.07, 6.45) is 0.0543. The zero-order valence-electron chi connectivity index (χ0n) is 13.0. The Hall–Kier alpha value is -2.42. The van der Waals surface area contributed by atoms with E-state index in [9.17, 15) is 4.79 Å². The topological polar surface area (TPSA) is 107 Å². The quantitative estimate of drug-likeness (QED) is 0.704. The van der Waals surface area contributed by atoms with E-state index in [1.807, 2.05) is 0 Å². The lowest BCUT2D eigenvalue weighted by atomic mass is 10.1. The van der Waals surface area contributed by atoms with Crippen LogP contribution in [0.4, 0.5) is 0 Å². The highest BCUT2D eigenvalue weighted by molar-refractivity contribution is 7.99. The number of H-pyrrole nitrogens is 1. The summed E-state index contributed by atoms with van der Waals surface area (Å²) in [4.78, 5) is 14.9. The smallest absolute Gasteiger partial charge is 0.304 e. The Morgan fingerprint density at radius 3 is 2.39 bits per heavy atom. The molecule has 0 atom stereocenters. The molecule has 9 heteroatoms. The first-order chi connectivity index (χ1) is 11.1. The van der Waals surface area contributed by atoms with Crippen molar-refractivity contribution < 1.29 is 24.1 Å². The van der Waals surface area contributed by atoms with Gasteiger partial charge in [0.15, 0.2) is 17.3 Å². The van der Waals surface area contributed by atoms with Gasteiger partial charge in [-0.15, -0.1) is 5.10 Å². The second kappa shape index (κ2) is 7.73. The average Bonchev–Trinajstić information content (AvgIpc) is 3.01. The Balaban J connectivity index is 2.24. The molecule has 0 aliphatic heterocycles. The number of nitrogens with zero attached hydrogens (tertiary/aromatic N) is 2. The minimum atomic E-state index is -0.849. The lowest BCUT2D eigenvalue weighted by molar-refractivity contribution is -0.136. The molecule has 2 aromatic rings. The van der Waals surface area contributed by atoms with Crippen molar-refractivity contribution in [2.75, 3.05) is 27.1 Å². The number of carboxylic acid groups (broad SMARTS) is 1. The summed E-state index contributed by atoms with van der Waals surface area (Å²) in [7, 11) is 4.61. The SMILES string of the molecule is COc1cc(-c2nc(SCCC(=O)O)n[nH]2)cc(OC)c1OC. The van der Waals surface area contributed by atoms with E-state index in [-0.39, 0.29) is 6.42 Å². The van der Waals surface area contributed by atoms with Crippen molar-refractivity contribution in [3.8, 4) is 28.6 Å². The maximum Gasteiger partial charge on any atom is 0.304 e. The number of hydrogen-bond acceptors (Lipinski definition) is 7. The van der Waals surface area contributed by atoms with Gasteiger partial charge in [-0.3, -0.25) is 9.89 Å². The highest BCUT2D eigenvalue weighted by atomic mass is 32.2. The summed E-state index contributed by atoms with van der Waals surface area (Å²) >= 11 is 1.27. The molecular formula is C14H17N3O5S. The number of aromatic nitrogens is 3. The zero-order valence-corrected chi connectivity index (χ0v) is 13.8. The molecule has 1 aromatic carbocycles. The van der Waals surface area contributed by atoms with Crippen molar-refractivity contribution in [1.82, 2.24) is 15.2 Å². The number of ether oxygens (including phenoxy) is 3. The average molecular weight is 339 g/mol. The molecule has 1 aromatic heterocycles. The molecule has 2 N–H and O–H groups in total. The summed E-state index contributed by atoms with van der Waals surface area (Å²) in [5, 5.41) is 16.0. The van der Waals surface area contributed by atoms with Gasteiger partial charge in [-0.25, -0.2) is 4.98 Å². The number of aliphatic carboxylic acids is 1. The van der Waals surface area contributed by atoms with Crippen LogP contribution in [0.5, 0.6) is 17.2 Å². The number of benzene rings is 1.